The highest BCUT2D eigenvalue weighted by atomic mass is 35.5. The Morgan fingerprint density at radius 3 is 2.46 bits per heavy atom. The van der Waals surface area contributed by atoms with Crippen LogP contribution in [0.4, 0.5) is 13.9 Å². The molecule has 138 valence electrons. The number of nitrogens with zero attached hydrogens (tertiary/aromatic N) is 3. The Kier molecular flexibility index (Phi) is 6.63. The maximum Gasteiger partial charge on any atom is 0.260 e. The Balaban J connectivity index is 0.00000243. The first-order chi connectivity index (χ1) is 12.0. The van der Waals surface area contributed by atoms with Gasteiger partial charge >= 0.3 is 0 Å². The average molecular weight is 398 g/mol. The summed E-state index contributed by atoms with van der Waals surface area (Å²) >= 11 is 1.10. The van der Waals surface area contributed by atoms with E-state index in [0.717, 1.165) is 17.4 Å². The first-order valence-corrected chi connectivity index (χ1v) is 8.54. The second kappa shape index (κ2) is 8.53. The van der Waals surface area contributed by atoms with Gasteiger partial charge in [-0.05, 0) is 32.3 Å². The molecule has 0 radical (unpaired) electrons. The fourth-order valence-electron chi connectivity index (χ4n) is 2.38. The van der Waals surface area contributed by atoms with Crippen molar-refractivity contribution in [1.29, 1.82) is 0 Å². The number of anilines is 1. The largest absolute Gasteiger partial charge is 0.308 e. The lowest BCUT2D eigenvalue weighted by Crippen LogP contribution is -2.36. The predicted octanol–water partition coefficient (Wildman–Crippen LogP) is 4.20. The van der Waals surface area contributed by atoms with Crippen molar-refractivity contribution in [2.24, 2.45) is 0 Å². The van der Waals surface area contributed by atoms with Crippen LogP contribution in [0, 0.1) is 11.6 Å². The van der Waals surface area contributed by atoms with Crippen LogP contribution in [-0.2, 0) is 0 Å². The summed E-state index contributed by atoms with van der Waals surface area (Å²) in [6, 6.07) is 10.9. The van der Waals surface area contributed by atoms with Gasteiger partial charge in [-0.15, -0.1) is 12.4 Å². The van der Waals surface area contributed by atoms with E-state index in [9.17, 15) is 13.6 Å². The number of carbonyl (C=O) groups is 1. The molecule has 4 nitrogen and oxygen atoms in total. The molecule has 3 aromatic rings. The van der Waals surface area contributed by atoms with Crippen LogP contribution in [0.3, 0.4) is 0 Å². The van der Waals surface area contributed by atoms with Gasteiger partial charge in [0, 0.05) is 24.7 Å². The third kappa shape index (κ3) is 4.35. The van der Waals surface area contributed by atoms with Crippen LogP contribution in [0.2, 0.25) is 0 Å². The molecule has 3 rings (SSSR count). The van der Waals surface area contributed by atoms with Crippen molar-refractivity contribution in [3.63, 3.8) is 0 Å². The van der Waals surface area contributed by atoms with Crippen LogP contribution < -0.4 is 4.90 Å². The molecule has 0 bridgehead atoms. The van der Waals surface area contributed by atoms with E-state index < -0.39 is 11.6 Å². The zero-order chi connectivity index (χ0) is 18.0. The summed E-state index contributed by atoms with van der Waals surface area (Å²) in [5.41, 5.74) is 0.601. The van der Waals surface area contributed by atoms with Gasteiger partial charge in [0.15, 0.2) is 10.9 Å². The molecule has 0 saturated heterocycles. The number of likely N-dealkylation sites (N-methyl/N-ethyl adjacent to an activating group) is 1. The van der Waals surface area contributed by atoms with E-state index in [2.05, 4.69) is 4.98 Å². The van der Waals surface area contributed by atoms with E-state index in [4.69, 9.17) is 0 Å². The number of carbonyl (C=O) groups excluding carboxylic acids is 1. The molecule has 0 aliphatic carbocycles. The Labute approximate surface area is 160 Å². The van der Waals surface area contributed by atoms with Crippen LogP contribution in [0.25, 0.3) is 10.2 Å². The van der Waals surface area contributed by atoms with Crippen molar-refractivity contribution in [2.45, 2.75) is 0 Å². The van der Waals surface area contributed by atoms with Crippen molar-refractivity contribution in [1.82, 2.24) is 9.88 Å². The molecule has 0 aliphatic heterocycles. The van der Waals surface area contributed by atoms with Gasteiger partial charge in [0.2, 0.25) is 0 Å². The number of benzene rings is 2. The fraction of sp³-hybridized carbons (Fsp3) is 0.222. The second-order valence-electron chi connectivity index (χ2n) is 5.86. The Morgan fingerprint density at radius 1 is 1.12 bits per heavy atom. The summed E-state index contributed by atoms with van der Waals surface area (Å²) in [6.45, 7) is 1.01. The number of hydrogen-bond donors (Lipinski definition) is 0. The van der Waals surface area contributed by atoms with E-state index in [-0.39, 0.29) is 23.8 Å². The third-order valence-electron chi connectivity index (χ3n) is 3.67. The monoisotopic (exact) mass is 397 g/mol. The molecule has 0 aliphatic rings. The smallest absolute Gasteiger partial charge is 0.260 e. The fourth-order valence-corrected chi connectivity index (χ4v) is 3.41. The van der Waals surface area contributed by atoms with E-state index in [0.29, 0.717) is 28.5 Å². The van der Waals surface area contributed by atoms with Gasteiger partial charge in [-0.25, -0.2) is 13.8 Å². The molecule has 0 spiro atoms. The van der Waals surface area contributed by atoms with Gasteiger partial charge in [-0.3, -0.25) is 9.69 Å². The van der Waals surface area contributed by atoms with Gasteiger partial charge in [0.05, 0.1) is 4.70 Å². The molecule has 0 atom stereocenters. The Morgan fingerprint density at radius 2 is 1.81 bits per heavy atom. The zero-order valence-electron chi connectivity index (χ0n) is 14.3. The predicted molar refractivity (Wildman–Crippen MR) is 103 cm³/mol. The standard InChI is InChI=1S/C18H17F2N3OS.ClH/c1-22(2)8-9-23(17(24)12-6-4-3-5-7-12)18-21-16-14(20)10-13(19)11-15(16)25-18;/h3-7,10-11H,8-9H2,1-2H3;1H. The normalized spacial score (nSPS) is 10.8. The molecule has 1 amide bonds. The highest BCUT2D eigenvalue weighted by Gasteiger charge is 2.22. The number of halogens is 3. The molecular weight excluding hydrogens is 380 g/mol. The van der Waals surface area contributed by atoms with Crippen LogP contribution in [0.5, 0.6) is 0 Å². The lowest BCUT2D eigenvalue weighted by Gasteiger charge is -2.22. The minimum atomic E-state index is -0.725. The van der Waals surface area contributed by atoms with Gasteiger partial charge in [0.1, 0.15) is 11.3 Å². The van der Waals surface area contributed by atoms with Crippen molar-refractivity contribution >= 4 is 45.0 Å². The van der Waals surface area contributed by atoms with Crippen LogP contribution in [0.15, 0.2) is 42.5 Å². The van der Waals surface area contributed by atoms with E-state index in [1.165, 1.54) is 11.0 Å². The molecule has 0 unspecified atom stereocenters. The van der Waals surface area contributed by atoms with Gasteiger partial charge in [0.25, 0.3) is 5.91 Å². The number of thiazole rings is 1. The molecular formula is C18H18ClF2N3OS. The zero-order valence-corrected chi connectivity index (χ0v) is 15.9. The van der Waals surface area contributed by atoms with Gasteiger partial charge < -0.3 is 4.90 Å². The minimum absolute atomic E-state index is 0. The molecule has 1 aromatic heterocycles. The summed E-state index contributed by atoms with van der Waals surface area (Å²) in [6.07, 6.45) is 0. The highest BCUT2D eigenvalue weighted by molar-refractivity contribution is 7.22. The van der Waals surface area contributed by atoms with Crippen molar-refractivity contribution in [3.8, 4) is 0 Å². The molecule has 8 heteroatoms. The number of aromatic nitrogens is 1. The highest BCUT2D eigenvalue weighted by Crippen LogP contribution is 2.31. The summed E-state index contributed by atoms with van der Waals surface area (Å²) in [7, 11) is 3.80. The van der Waals surface area contributed by atoms with Crippen molar-refractivity contribution in [2.75, 3.05) is 32.1 Å². The van der Waals surface area contributed by atoms with E-state index in [1.807, 2.05) is 25.1 Å². The van der Waals surface area contributed by atoms with Gasteiger partial charge in [-0.1, -0.05) is 29.5 Å². The molecule has 1 heterocycles. The van der Waals surface area contributed by atoms with Crippen molar-refractivity contribution in [3.05, 3.63) is 59.7 Å². The molecule has 2 aromatic carbocycles. The lowest BCUT2D eigenvalue weighted by atomic mass is 10.2. The number of amides is 1. The topological polar surface area (TPSA) is 36.4 Å². The second-order valence-corrected chi connectivity index (χ2v) is 6.87. The van der Waals surface area contributed by atoms with E-state index >= 15 is 0 Å². The Hall–Kier alpha value is -2.09. The lowest BCUT2D eigenvalue weighted by molar-refractivity contribution is 0.0985. The van der Waals surface area contributed by atoms with Crippen LogP contribution in [0.1, 0.15) is 10.4 Å². The quantitative estimate of drug-likeness (QED) is 0.647. The number of fused-ring (bicyclic) bond motifs is 1. The van der Waals surface area contributed by atoms with E-state index in [1.54, 1.807) is 24.3 Å². The average Bonchev–Trinajstić information content (AvgIpc) is 2.99. The summed E-state index contributed by atoms with van der Waals surface area (Å²) in [4.78, 5) is 20.6. The molecule has 0 fully saturated rings. The van der Waals surface area contributed by atoms with Crippen LogP contribution >= 0.6 is 23.7 Å². The first kappa shape index (κ1) is 20.2. The third-order valence-corrected chi connectivity index (χ3v) is 4.69. The summed E-state index contributed by atoms with van der Waals surface area (Å²) < 4.78 is 27.8. The molecule has 26 heavy (non-hydrogen) atoms. The van der Waals surface area contributed by atoms with Crippen LogP contribution in [-0.4, -0.2) is 43.0 Å². The Bertz CT molecular complexity index is 902. The maximum atomic E-state index is 14.0. The molecule has 0 saturated carbocycles. The maximum absolute atomic E-state index is 14.0. The minimum Gasteiger partial charge on any atom is -0.308 e. The van der Waals surface area contributed by atoms with Gasteiger partial charge in [-0.2, -0.15) is 0 Å². The first-order valence-electron chi connectivity index (χ1n) is 7.73. The molecule has 0 N–H and O–H groups in total. The SMILES string of the molecule is CN(C)CCN(C(=O)c1ccccc1)c1nc2c(F)cc(F)cc2s1.Cl. The number of hydrogen-bond acceptors (Lipinski definition) is 4. The van der Waals surface area contributed by atoms with Crippen molar-refractivity contribution < 1.29 is 13.6 Å². The number of rotatable bonds is 5. The summed E-state index contributed by atoms with van der Waals surface area (Å²) in [5.74, 6) is -1.60. The summed E-state index contributed by atoms with van der Waals surface area (Å²) in [5, 5.41) is 0.357.